The van der Waals surface area contributed by atoms with Crippen molar-refractivity contribution in [3.63, 3.8) is 0 Å². The second-order valence-corrected chi connectivity index (χ2v) is 4.76. The topological polar surface area (TPSA) is 66.6 Å². The smallest absolute Gasteiger partial charge is 0.273 e. The van der Waals surface area contributed by atoms with Crippen LogP contribution in [-0.2, 0) is 0 Å². The Bertz CT molecular complexity index is 471. The first-order valence-electron chi connectivity index (χ1n) is 5.45. The van der Waals surface area contributed by atoms with Crippen molar-refractivity contribution in [2.45, 2.75) is 13.3 Å². The van der Waals surface area contributed by atoms with Gasteiger partial charge in [-0.1, -0.05) is 0 Å². The molecule has 1 rings (SSSR count). The number of alkyl halides is 2. The van der Waals surface area contributed by atoms with Gasteiger partial charge in [0.1, 0.15) is 0 Å². The number of rotatable bonds is 6. The minimum absolute atomic E-state index is 0.0280. The maximum atomic E-state index is 12.5. The van der Waals surface area contributed by atoms with Crippen LogP contribution in [0, 0.1) is 17.0 Å². The Morgan fingerprint density at radius 1 is 1.53 bits per heavy atom. The molecule has 0 amide bonds. The van der Waals surface area contributed by atoms with Gasteiger partial charge in [0.05, 0.1) is 23.8 Å². The van der Waals surface area contributed by atoms with Gasteiger partial charge in [0, 0.05) is 22.6 Å². The molecule has 0 spiro atoms. The van der Waals surface area contributed by atoms with Gasteiger partial charge < -0.3 is 10.0 Å². The highest BCUT2D eigenvalue weighted by Gasteiger charge is 2.19. The van der Waals surface area contributed by atoms with Crippen LogP contribution >= 0.6 is 15.9 Å². The summed E-state index contributed by atoms with van der Waals surface area (Å²) in [6.07, 6.45) is -2.56. The lowest BCUT2D eigenvalue weighted by atomic mass is 10.1. The van der Waals surface area contributed by atoms with Crippen molar-refractivity contribution in [2.75, 3.05) is 24.6 Å². The molecule has 0 bridgehead atoms. The number of nitro groups is 1. The van der Waals surface area contributed by atoms with Gasteiger partial charge in [0.15, 0.2) is 0 Å². The van der Waals surface area contributed by atoms with Crippen molar-refractivity contribution < 1.29 is 18.8 Å². The molecular weight excluding hydrogens is 326 g/mol. The molecule has 0 aliphatic carbocycles. The van der Waals surface area contributed by atoms with Crippen LogP contribution in [0.25, 0.3) is 0 Å². The van der Waals surface area contributed by atoms with Gasteiger partial charge in [-0.25, -0.2) is 8.78 Å². The summed E-state index contributed by atoms with van der Waals surface area (Å²) in [4.78, 5) is 11.5. The van der Waals surface area contributed by atoms with E-state index in [1.807, 2.05) is 0 Å². The van der Waals surface area contributed by atoms with Gasteiger partial charge in [-0.05, 0) is 28.9 Å². The Balaban J connectivity index is 3.16. The van der Waals surface area contributed by atoms with Crippen molar-refractivity contribution in [3.05, 3.63) is 32.3 Å². The second kappa shape index (κ2) is 6.76. The first kappa shape index (κ1) is 15.8. The van der Waals surface area contributed by atoms with Crippen LogP contribution in [0.15, 0.2) is 16.6 Å². The first-order valence-corrected chi connectivity index (χ1v) is 6.24. The van der Waals surface area contributed by atoms with Gasteiger partial charge in [-0.15, -0.1) is 0 Å². The van der Waals surface area contributed by atoms with Crippen molar-refractivity contribution >= 4 is 27.3 Å². The predicted molar refractivity (Wildman–Crippen MR) is 70.8 cm³/mol. The average Bonchev–Trinajstić information content (AvgIpc) is 2.30. The molecule has 0 saturated carbocycles. The summed E-state index contributed by atoms with van der Waals surface area (Å²) in [6.45, 7) is 0.735. The van der Waals surface area contributed by atoms with E-state index in [0.29, 0.717) is 15.7 Å². The lowest BCUT2D eigenvalue weighted by molar-refractivity contribution is -0.385. The van der Waals surface area contributed by atoms with E-state index in [1.165, 1.54) is 24.0 Å². The van der Waals surface area contributed by atoms with Crippen LogP contribution in [0.3, 0.4) is 0 Å². The molecule has 5 nitrogen and oxygen atoms in total. The molecule has 0 aromatic heterocycles. The summed E-state index contributed by atoms with van der Waals surface area (Å²) in [5.74, 6) is 0. The van der Waals surface area contributed by atoms with E-state index < -0.39 is 17.9 Å². The summed E-state index contributed by atoms with van der Waals surface area (Å²) in [5, 5.41) is 19.7. The minimum atomic E-state index is -2.56. The molecule has 0 heterocycles. The second-order valence-electron chi connectivity index (χ2n) is 3.91. The molecule has 8 heteroatoms. The monoisotopic (exact) mass is 338 g/mol. The molecule has 1 aromatic carbocycles. The maximum absolute atomic E-state index is 12.5. The van der Waals surface area contributed by atoms with Crippen LogP contribution in [0.5, 0.6) is 0 Å². The van der Waals surface area contributed by atoms with E-state index in [-0.39, 0.29) is 18.8 Å². The van der Waals surface area contributed by atoms with E-state index in [9.17, 15) is 18.9 Å². The summed E-state index contributed by atoms with van der Waals surface area (Å²) in [5.41, 5.74) is 0.689. The van der Waals surface area contributed by atoms with Crippen LogP contribution in [-0.4, -0.2) is 36.2 Å². The molecular formula is C11H13BrF2N2O3. The van der Waals surface area contributed by atoms with E-state index in [0.717, 1.165) is 0 Å². The molecule has 0 aliphatic heterocycles. The molecule has 0 aliphatic rings. The standard InChI is InChI=1S/C11H13BrF2N2O3/c1-7-4-10(8(12)5-9(7)16(18)19)15(2-3-17)6-11(13)14/h4-5,11,17H,2-3,6H2,1H3. The van der Waals surface area contributed by atoms with Gasteiger partial charge in [-0.3, -0.25) is 10.1 Å². The summed E-state index contributed by atoms with van der Waals surface area (Å²) in [6, 6.07) is 2.74. The zero-order valence-corrected chi connectivity index (χ0v) is 11.7. The lowest BCUT2D eigenvalue weighted by Crippen LogP contribution is -2.31. The summed E-state index contributed by atoms with van der Waals surface area (Å²) < 4.78 is 25.3. The highest BCUT2D eigenvalue weighted by Crippen LogP contribution is 2.33. The summed E-state index contributed by atoms with van der Waals surface area (Å²) >= 11 is 3.14. The van der Waals surface area contributed by atoms with E-state index in [2.05, 4.69) is 15.9 Å². The third-order valence-corrected chi connectivity index (χ3v) is 3.17. The Hall–Kier alpha value is -1.28. The number of nitrogens with zero attached hydrogens (tertiary/aromatic N) is 2. The van der Waals surface area contributed by atoms with Gasteiger partial charge >= 0.3 is 0 Å². The van der Waals surface area contributed by atoms with Gasteiger partial charge in [0.25, 0.3) is 12.1 Å². The molecule has 0 atom stereocenters. The number of aliphatic hydroxyl groups is 1. The first-order chi connectivity index (χ1) is 8.86. The number of anilines is 1. The van der Waals surface area contributed by atoms with Crippen molar-refractivity contribution in [2.24, 2.45) is 0 Å². The number of hydrogen-bond acceptors (Lipinski definition) is 4. The fraction of sp³-hybridized carbons (Fsp3) is 0.455. The minimum Gasteiger partial charge on any atom is -0.395 e. The third-order valence-electron chi connectivity index (χ3n) is 2.53. The molecule has 1 N–H and O–H groups in total. The number of aliphatic hydroxyl groups excluding tert-OH is 1. The number of aryl methyl sites for hydroxylation is 1. The van der Waals surface area contributed by atoms with Crippen LogP contribution < -0.4 is 4.90 Å². The third kappa shape index (κ3) is 4.10. The molecule has 0 fully saturated rings. The molecule has 106 valence electrons. The van der Waals surface area contributed by atoms with Crippen LogP contribution in [0.4, 0.5) is 20.2 Å². The van der Waals surface area contributed by atoms with Crippen molar-refractivity contribution in [1.29, 1.82) is 0 Å². The highest BCUT2D eigenvalue weighted by atomic mass is 79.9. The number of hydrogen-bond donors (Lipinski definition) is 1. The largest absolute Gasteiger partial charge is 0.395 e. The Morgan fingerprint density at radius 2 is 2.16 bits per heavy atom. The number of nitro benzene ring substituents is 1. The molecule has 1 aromatic rings. The highest BCUT2D eigenvalue weighted by molar-refractivity contribution is 9.10. The maximum Gasteiger partial charge on any atom is 0.273 e. The van der Waals surface area contributed by atoms with Gasteiger partial charge in [-0.2, -0.15) is 0 Å². The normalized spacial score (nSPS) is 10.8. The SMILES string of the molecule is Cc1cc(N(CCO)CC(F)F)c(Br)cc1[N+](=O)[O-]. The Morgan fingerprint density at radius 3 is 2.63 bits per heavy atom. The van der Waals surface area contributed by atoms with Crippen molar-refractivity contribution in [3.8, 4) is 0 Å². The number of halogens is 3. The molecule has 19 heavy (non-hydrogen) atoms. The van der Waals surface area contributed by atoms with E-state index in [1.54, 1.807) is 0 Å². The Labute approximate surface area is 117 Å². The summed E-state index contributed by atoms with van der Waals surface area (Å²) in [7, 11) is 0. The van der Waals surface area contributed by atoms with Crippen molar-refractivity contribution in [1.82, 2.24) is 0 Å². The Kier molecular flexibility index (Phi) is 5.61. The number of benzene rings is 1. The fourth-order valence-corrected chi connectivity index (χ4v) is 2.27. The van der Waals surface area contributed by atoms with Crippen LogP contribution in [0.1, 0.15) is 5.56 Å². The zero-order valence-electron chi connectivity index (χ0n) is 10.1. The van der Waals surface area contributed by atoms with E-state index >= 15 is 0 Å². The predicted octanol–water partition coefficient (Wildman–Crippen LogP) is 2.73. The fourth-order valence-electron chi connectivity index (χ4n) is 1.69. The quantitative estimate of drug-likeness (QED) is 0.639. The molecule has 0 radical (unpaired) electrons. The zero-order chi connectivity index (χ0) is 14.6. The van der Waals surface area contributed by atoms with Gasteiger partial charge in [0.2, 0.25) is 0 Å². The molecule has 0 saturated heterocycles. The average molecular weight is 339 g/mol. The van der Waals surface area contributed by atoms with Crippen LogP contribution in [0.2, 0.25) is 0 Å². The molecule has 0 unspecified atom stereocenters. The lowest BCUT2D eigenvalue weighted by Gasteiger charge is -2.25. The van der Waals surface area contributed by atoms with E-state index in [4.69, 9.17) is 5.11 Å².